The van der Waals surface area contributed by atoms with E-state index in [1.165, 1.54) is 19.3 Å². The summed E-state index contributed by atoms with van der Waals surface area (Å²) < 4.78 is 32.8. The maximum atomic E-state index is 12.9. The number of fused-ring (bicyclic) bond motifs is 1. The molecule has 1 saturated heterocycles. The molecule has 5 heteroatoms. The Balaban J connectivity index is 1.94. The van der Waals surface area contributed by atoms with Crippen molar-refractivity contribution in [1.29, 1.82) is 0 Å². The molecule has 0 spiro atoms. The third kappa shape index (κ3) is 2.46. The van der Waals surface area contributed by atoms with E-state index in [4.69, 9.17) is 4.74 Å². The fourth-order valence-corrected chi connectivity index (χ4v) is 5.63. The van der Waals surface area contributed by atoms with Gasteiger partial charge in [-0.1, -0.05) is 6.42 Å². The molecule has 116 valence electrons. The van der Waals surface area contributed by atoms with Crippen LogP contribution in [0.2, 0.25) is 0 Å². The lowest BCUT2D eigenvalue weighted by Gasteiger charge is -2.20. The fraction of sp³-hybridized carbons (Fsp3) is 0.625. The monoisotopic (exact) mass is 309 g/mol. The Bertz CT molecular complexity index is 642. The van der Waals surface area contributed by atoms with E-state index in [0.717, 1.165) is 16.9 Å². The van der Waals surface area contributed by atoms with Crippen LogP contribution in [-0.4, -0.2) is 32.9 Å². The standard InChI is InChI=1S/C16H23NO3S/c1-11-8-16(12(2)7-15(11)20-3)21(18,19)17-9-13-5-4-6-14(13)10-17/h7-8,13-14H,4-6,9-10H2,1-3H3. The molecule has 0 amide bonds. The van der Waals surface area contributed by atoms with Gasteiger partial charge in [-0.05, 0) is 61.8 Å². The zero-order valence-corrected chi connectivity index (χ0v) is 13.7. The summed E-state index contributed by atoms with van der Waals surface area (Å²) in [5, 5.41) is 0. The van der Waals surface area contributed by atoms with Crippen LogP contribution in [0.15, 0.2) is 17.0 Å². The molecule has 3 rings (SSSR count). The summed E-state index contributed by atoms with van der Waals surface area (Å²) in [6.45, 7) is 5.11. The third-order valence-corrected chi connectivity index (χ3v) is 6.98. The van der Waals surface area contributed by atoms with Crippen molar-refractivity contribution in [3.63, 3.8) is 0 Å². The van der Waals surface area contributed by atoms with Crippen LogP contribution in [0.25, 0.3) is 0 Å². The highest BCUT2D eigenvalue weighted by Crippen LogP contribution is 2.40. The molecule has 1 heterocycles. The average Bonchev–Trinajstić information content (AvgIpc) is 3.01. The highest BCUT2D eigenvalue weighted by molar-refractivity contribution is 7.89. The lowest BCUT2D eigenvalue weighted by molar-refractivity contribution is 0.410. The van der Waals surface area contributed by atoms with Gasteiger partial charge in [0, 0.05) is 13.1 Å². The van der Waals surface area contributed by atoms with E-state index in [0.29, 0.717) is 29.8 Å². The van der Waals surface area contributed by atoms with E-state index in [1.54, 1.807) is 17.5 Å². The molecular formula is C16H23NO3S. The minimum atomic E-state index is -3.38. The van der Waals surface area contributed by atoms with Crippen LogP contribution in [0.3, 0.4) is 0 Å². The second kappa shape index (κ2) is 5.29. The summed E-state index contributed by atoms with van der Waals surface area (Å²) in [5.74, 6) is 1.88. The van der Waals surface area contributed by atoms with Crippen LogP contribution in [0.1, 0.15) is 30.4 Å². The van der Waals surface area contributed by atoms with Crippen LogP contribution in [0, 0.1) is 25.7 Å². The molecule has 2 unspecified atom stereocenters. The number of ether oxygens (including phenoxy) is 1. The molecule has 0 N–H and O–H groups in total. The normalized spacial score (nSPS) is 26.0. The quantitative estimate of drug-likeness (QED) is 0.862. The zero-order chi connectivity index (χ0) is 15.2. The summed E-state index contributed by atoms with van der Waals surface area (Å²) >= 11 is 0. The van der Waals surface area contributed by atoms with Gasteiger partial charge in [-0.15, -0.1) is 0 Å². The predicted octanol–water partition coefficient (Wildman–Crippen LogP) is 2.73. The molecule has 2 atom stereocenters. The summed E-state index contributed by atoms with van der Waals surface area (Å²) in [7, 11) is -1.77. The van der Waals surface area contributed by atoms with Gasteiger partial charge in [-0.25, -0.2) is 8.42 Å². The van der Waals surface area contributed by atoms with E-state index in [2.05, 4.69) is 0 Å². The molecule has 1 saturated carbocycles. The Morgan fingerprint density at radius 3 is 2.29 bits per heavy atom. The topological polar surface area (TPSA) is 46.6 Å². The van der Waals surface area contributed by atoms with Gasteiger partial charge in [0.2, 0.25) is 10.0 Å². The highest BCUT2D eigenvalue weighted by atomic mass is 32.2. The Kier molecular flexibility index (Phi) is 3.74. The lowest BCUT2D eigenvalue weighted by atomic mass is 10.0. The van der Waals surface area contributed by atoms with Crippen molar-refractivity contribution in [2.24, 2.45) is 11.8 Å². The number of benzene rings is 1. The molecule has 4 nitrogen and oxygen atoms in total. The first-order valence-electron chi connectivity index (χ1n) is 7.59. The largest absolute Gasteiger partial charge is 0.496 e. The lowest BCUT2D eigenvalue weighted by Crippen LogP contribution is -2.30. The average molecular weight is 309 g/mol. The zero-order valence-electron chi connectivity index (χ0n) is 12.9. The van der Waals surface area contributed by atoms with Crippen molar-refractivity contribution >= 4 is 10.0 Å². The van der Waals surface area contributed by atoms with Gasteiger partial charge in [-0.3, -0.25) is 0 Å². The minimum absolute atomic E-state index is 0.431. The SMILES string of the molecule is COc1cc(C)c(S(=O)(=O)N2CC3CCCC3C2)cc1C. The molecule has 0 bridgehead atoms. The third-order valence-electron chi connectivity index (χ3n) is 5.00. The van der Waals surface area contributed by atoms with Gasteiger partial charge >= 0.3 is 0 Å². The second-order valence-corrected chi connectivity index (χ2v) is 8.27. The highest BCUT2D eigenvalue weighted by Gasteiger charge is 2.41. The van der Waals surface area contributed by atoms with Gasteiger partial charge < -0.3 is 4.74 Å². The molecule has 2 fully saturated rings. The van der Waals surface area contributed by atoms with Crippen LogP contribution < -0.4 is 4.74 Å². The number of hydrogen-bond donors (Lipinski definition) is 0. The van der Waals surface area contributed by atoms with Crippen LogP contribution in [0.4, 0.5) is 0 Å². The Labute approximate surface area is 127 Å². The number of sulfonamides is 1. The summed E-state index contributed by atoms with van der Waals surface area (Å²) in [6.07, 6.45) is 3.61. The van der Waals surface area contributed by atoms with Gasteiger partial charge in [0.25, 0.3) is 0 Å². The van der Waals surface area contributed by atoms with Crippen LogP contribution in [0.5, 0.6) is 5.75 Å². The van der Waals surface area contributed by atoms with Crippen molar-refractivity contribution < 1.29 is 13.2 Å². The Morgan fingerprint density at radius 1 is 1.10 bits per heavy atom. The summed E-state index contributed by atoms with van der Waals surface area (Å²) in [6, 6.07) is 3.57. The second-order valence-electron chi connectivity index (χ2n) is 6.36. The van der Waals surface area contributed by atoms with Crippen LogP contribution >= 0.6 is 0 Å². The maximum absolute atomic E-state index is 12.9. The molecule has 1 aromatic rings. The predicted molar refractivity (Wildman–Crippen MR) is 82.1 cm³/mol. The van der Waals surface area contributed by atoms with E-state index < -0.39 is 10.0 Å². The van der Waals surface area contributed by atoms with Crippen molar-refractivity contribution in [3.05, 3.63) is 23.3 Å². The number of methoxy groups -OCH3 is 1. The van der Waals surface area contributed by atoms with Crippen molar-refractivity contribution in [1.82, 2.24) is 4.31 Å². The van der Waals surface area contributed by atoms with E-state index in [9.17, 15) is 8.42 Å². The van der Waals surface area contributed by atoms with E-state index >= 15 is 0 Å². The first-order chi connectivity index (χ1) is 9.93. The first-order valence-corrected chi connectivity index (χ1v) is 9.03. The molecule has 0 radical (unpaired) electrons. The maximum Gasteiger partial charge on any atom is 0.243 e. The number of nitrogens with zero attached hydrogens (tertiary/aromatic N) is 1. The minimum Gasteiger partial charge on any atom is -0.496 e. The first kappa shape index (κ1) is 14.9. The molecule has 0 aromatic heterocycles. The molecule has 1 aromatic carbocycles. The van der Waals surface area contributed by atoms with Gasteiger partial charge in [0.15, 0.2) is 0 Å². The molecule has 21 heavy (non-hydrogen) atoms. The van der Waals surface area contributed by atoms with Crippen LogP contribution in [-0.2, 0) is 10.0 Å². The van der Waals surface area contributed by atoms with E-state index in [1.807, 2.05) is 19.9 Å². The molecule has 2 aliphatic rings. The fourth-order valence-electron chi connectivity index (χ4n) is 3.79. The van der Waals surface area contributed by atoms with Gasteiger partial charge in [-0.2, -0.15) is 4.31 Å². The summed E-state index contributed by atoms with van der Waals surface area (Å²) in [5.41, 5.74) is 1.62. The van der Waals surface area contributed by atoms with Crippen molar-refractivity contribution in [3.8, 4) is 5.75 Å². The molecule has 1 aliphatic heterocycles. The summed E-state index contributed by atoms with van der Waals surface area (Å²) in [4.78, 5) is 0.431. The molecule has 1 aliphatic carbocycles. The van der Waals surface area contributed by atoms with Crippen molar-refractivity contribution in [2.75, 3.05) is 20.2 Å². The number of rotatable bonds is 3. The number of aryl methyl sites for hydroxylation is 2. The smallest absolute Gasteiger partial charge is 0.243 e. The number of hydrogen-bond acceptors (Lipinski definition) is 3. The van der Waals surface area contributed by atoms with E-state index in [-0.39, 0.29) is 0 Å². The Hall–Kier alpha value is -1.07. The van der Waals surface area contributed by atoms with Gasteiger partial charge in [0.05, 0.1) is 12.0 Å². The molecular weight excluding hydrogens is 286 g/mol. The van der Waals surface area contributed by atoms with Gasteiger partial charge in [0.1, 0.15) is 5.75 Å². The van der Waals surface area contributed by atoms with Crippen molar-refractivity contribution in [2.45, 2.75) is 38.0 Å². The Morgan fingerprint density at radius 2 is 1.71 bits per heavy atom.